The van der Waals surface area contributed by atoms with Gasteiger partial charge in [-0.05, 0) is 31.0 Å². The van der Waals surface area contributed by atoms with Crippen molar-refractivity contribution < 1.29 is 9.59 Å². The Hall–Kier alpha value is -1.88. The minimum absolute atomic E-state index is 0.00267. The Morgan fingerprint density at radius 2 is 1.62 bits per heavy atom. The van der Waals surface area contributed by atoms with E-state index in [2.05, 4.69) is 17.1 Å². The maximum atomic E-state index is 12.5. The van der Waals surface area contributed by atoms with Crippen LogP contribution < -0.4 is 5.32 Å². The lowest BCUT2D eigenvalue weighted by molar-refractivity contribution is -0.136. The van der Waals surface area contributed by atoms with E-state index < -0.39 is 0 Å². The van der Waals surface area contributed by atoms with Crippen molar-refractivity contribution in [1.82, 2.24) is 9.80 Å². The summed E-state index contributed by atoms with van der Waals surface area (Å²) in [4.78, 5) is 28.5. The van der Waals surface area contributed by atoms with E-state index >= 15 is 0 Å². The summed E-state index contributed by atoms with van der Waals surface area (Å²) in [6, 6.07) is 7.77. The molecular formula is C19H29N3O2. The molecule has 1 aromatic carbocycles. The number of nitrogens with one attached hydrogen (secondary N) is 1. The minimum atomic E-state index is -0.202. The lowest BCUT2D eigenvalue weighted by atomic mass is 10.1. The van der Waals surface area contributed by atoms with Crippen LogP contribution >= 0.6 is 0 Å². The molecular weight excluding hydrogens is 302 g/mol. The van der Waals surface area contributed by atoms with Crippen LogP contribution in [0.1, 0.15) is 33.3 Å². The van der Waals surface area contributed by atoms with Gasteiger partial charge in [0.1, 0.15) is 0 Å². The van der Waals surface area contributed by atoms with E-state index in [1.54, 1.807) is 0 Å². The summed E-state index contributed by atoms with van der Waals surface area (Å²) < 4.78 is 0. The van der Waals surface area contributed by atoms with Crippen LogP contribution in [0.3, 0.4) is 0 Å². The number of anilines is 1. The third kappa shape index (κ3) is 4.57. The Balaban J connectivity index is 1.86. The Kier molecular flexibility index (Phi) is 6.37. The second-order valence-electron chi connectivity index (χ2n) is 6.73. The molecule has 0 radical (unpaired) electrons. The summed E-state index contributed by atoms with van der Waals surface area (Å²) in [6.45, 7) is 10.8. The average Bonchev–Trinajstić information content (AvgIpc) is 2.61. The quantitative estimate of drug-likeness (QED) is 0.901. The highest BCUT2D eigenvalue weighted by Crippen LogP contribution is 2.13. The topological polar surface area (TPSA) is 52.7 Å². The van der Waals surface area contributed by atoms with E-state index in [-0.39, 0.29) is 23.8 Å². The predicted molar refractivity (Wildman–Crippen MR) is 96.9 cm³/mol. The lowest BCUT2D eigenvalue weighted by Gasteiger charge is -2.38. The van der Waals surface area contributed by atoms with Crippen molar-refractivity contribution >= 4 is 17.5 Å². The molecule has 1 saturated heterocycles. The van der Waals surface area contributed by atoms with E-state index in [9.17, 15) is 9.59 Å². The molecule has 1 aliphatic heterocycles. The predicted octanol–water partition coefficient (Wildman–Crippen LogP) is 2.38. The number of benzene rings is 1. The Bertz CT molecular complexity index is 560. The number of piperazine rings is 1. The molecule has 5 nitrogen and oxygen atoms in total. The fourth-order valence-corrected chi connectivity index (χ4v) is 2.93. The van der Waals surface area contributed by atoms with Crippen LogP contribution in [-0.4, -0.2) is 53.8 Å². The van der Waals surface area contributed by atoms with E-state index in [4.69, 9.17) is 0 Å². The summed E-state index contributed by atoms with van der Waals surface area (Å²) >= 11 is 0. The third-order valence-corrected chi connectivity index (χ3v) is 4.68. The molecule has 2 rings (SSSR count). The number of nitrogens with zero attached hydrogens (tertiary/aromatic N) is 2. The Labute approximate surface area is 145 Å². The average molecular weight is 331 g/mol. The van der Waals surface area contributed by atoms with Crippen molar-refractivity contribution in [2.75, 3.05) is 31.5 Å². The van der Waals surface area contributed by atoms with Crippen molar-refractivity contribution in [2.45, 2.75) is 40.2 Å². The molecule has 132 valence electrons. The van der Waals surface area contributed by atoms with Gasteiger partial charge in [-0.1, -0.05) is 32.9 Å². The van der Waals surface area contributed by atoms with Crippen LogP contribution in [-0.2, 0) is 16.0 Å². The van der Waals surface area contributed by atoms with Gasteiger partial charge in [-0.3, -0.25) is 14.5 Å². The van der Waals surface area contributed by atoms with Gasteiger partial charge in [0.25, 0.3) is 0 Å². The Morgan fingerprint density at radius 1 is 1.04 bits per heavy atom. The van der Waals surface area contributed by atoms with Gasteiger partial charge in [-0.25, -0.2) is 0 Å². The molecule has 0 unspecified atom stereocenters. The van der Waals surface area contributed by atoms with Crippen molar-refractivity contribution in [3.63, 3.8) is 0 Å². The fourth-order valence-electron chi connectivity index (χ4n) is 2.93. The molecule has 1 aromatic rings. The van der Waals surface area contributed by atoms with Crippen LogP contribution in [0, 0.1) is 5.92 Å². The fraction of sp³-hybridized carbons (Fsp3) is 0.579. The van der Waals surface area contributed by atoms with Crippen molar-refractivity contribution in [2.24, 2.45) is 5.92 Å². The second-order valence-corrected chi connectivity index (χ2v) is 6.73. The highest BCUT2D eigenvalue weighted by molar-refractivity contribution is 5.94. The first kappa shape index (κ1) is 18.5. The van der Waals surface area contributed by atoms with Crippen molar-refractivity contribution in [3.8, 4) is 0 Å². The first-order valence-corrected chi connectivity index (χ1v) is 8.85. The number of aryl methyl sites for hydroxylation is 1. The molecule has 0 aromatic heterocycles. The number of hydrogen-bond donors (Lipinski definition) is 1. The second kappa shape index (κ2) is 8.29. The van der Waals surface area contributed by atoms with E-state index in [0.29, 0.717) is 13.1 Å². The van der Waals surface area contributed by atoms with E-state index in [0.717, 1.165) is 25.2 Å². The number of carbonyl (C=O) groups is 2. The molecule has 1 atom stereocenters. The molecule has 0 spiro atoms. The van der Waals surface area contributed by atoms with Gasteiger partial charge in [0, 0.05) is 37.8 Å². The van der Waals surface area contributed by atoms with Crippen LogP contribution in [0.4, 0.5) is 5.69 Å². The molecule has 1 aliphatic rings. The maximum Gasteiger partial charge on any atom is 0.241 e. The van der Waals surface area contributed by atoms with E-state index in [1.165, 1.54) is 5.56 Å². The summed E-state index contributed by atoms with van der Waals surface area (Å²) in [5.41, 5.74) is 2.09. The molecule has 24 heavy (non-hydrogen) atoms. The standard InChI is InChI=1S/C19H29N3O2/c1-5-16-6-8-17(9-7-16)20-18(23)15(4)21-10-12-22(13-11-21)19(24)14(2)3/h6-9,14-15H,5,10-13H2,1-4H3,(H,20,23)/t15-/m0/s1. The number of rotatable bonds is 5. The number of carbonyl (C=O) groups excluding carboxylic acids is 2. The third-order valence-electron chi connectivity index (χ3n) is 4.68. The first-order valence-electron chi connectivity index (χ1n) is 8.85. The highest BCUT2D eigenvalue weighted by Gasteiger charge is 2.28. The van der Waals surface area contributed by atoms with Gasteiger partial charge < -0.3 is 10.2 Å². The van der Waals surface area contributed by atoms with Gasteiger partial charge in [0.05, 0.1) is 6.04 Å². The Morgan fingerprint density at radius 3 is 2.12 bits per heavy atom. The summed E-state index contributed by atoms with van der Waals surface area (Å²) in [5, 5.41) is 2.98. The van der Waals surface area contributed by atoms with Gasteiger partial charge in [0.15, 0.2) is 0 Å². The first-order chi connectivity index (χ1) is 11.4. The molecule has 1 heterocycles. The molecule has 0 bridgehead atoms. The number of amides is 2. The molecule has 0 aliphatic carbocycles. The molecule has 1 fully saturated rings. The van der Waals surface area contributed by atoms with Crippen LogP contribution in [0.2, 0.25) is 0 Å². The van der Waals surface area contributed by atoms with Gasteiger partial charge >= 0.3 is 0 Å². The lowest BCUT2D eigenvalue weighted by Crippen LogP contribution is -2.54. The van der Waals surface area contributed by atoms with Crippen LogP contribution in [0.5, 0.6) is 0 Å². The SMILES string of the molecule is CCc1ccc(NC(=O)[C@H](C)N2CCN(C(=O)C(C)C)CC2)cc1. The van der Waals surface area contributed by atoms with Crippen molar-refractivity contribution in [1.29, 1.82) is 0 Å². The molecule has 2 amide bonds. The number of hydrogen-bond acceptors (Lipinski definition) is 3. The normalized spacial score (nSPS) is 17.0. The van der Waals surface area contributed by atoms with Gasteiger partial charge in [-0.15, -0.1) is 0 Å². The van der Waals surface area contributed by atoms with Gasteiger partial charge in [0.2, 0.25) is 11.8 Å². The monoisotopic (exact) mass is 331 g/mol. The molecule has 5 heteroatoms. The van der Waals surface area contributed by atoms with Gasteiger partial charge in [-0.2, -0.15) is 0 Å². The zero-order valence-electron chi connectivity index (χ0n) is 15.2. The summed E-state index contributed by atoms with van der Waals surface area (Å²) in [5.74, 6) is 0.231. The zero-order chi connectivity index (χ0) is 17.7. The minimum Gasteiger partial charge on any atom is -0.340 e. The largest absolute Gasteiger partial charge is 0.340 e. The van der Waals surface area contributed by atoms with E-state index in [1.807, 2.05) is 49.9 Å². The maximum absolute atomic E-state index is 12.5. The van der Waals surface area contributed by atoms with Crippen LogP contribution in [0.15, 0.2) is 24.3 Å². The van der Waals surface area contributed by atoms with Crippen molar-refractivity contribution in [3.05, 3.63) is 29.8 Å². The summed E-state index contributed by atoms with van der Waals surface area (Å²) in [7, 11) is 0. The summed E-state index contributed by atoms with van der Waals surface area (Å²) in [6.07, 6.45) is 0.990. The molecule has 1 N–H and O–H groups in total. The highest BCUT2D eigenvalue weighted by atomic mass is 16.2. The van der Waals surface area contributed by atoms with Crippen LogP contribution in [0.25, 0.3) is 0 Å². The molecule has 0 saturated carbocycles. The zero-order valence-corrected chi connectivity index (χ0v) is 15.2. The smallest absolute Gasteiger partial charge is 0.241 e.